The number of hydrogen-bond acceptors (Lipinski definition) is 20. The third-order valence-electron chi connectivity index (χ3n) is 11.3. The highest BCUT2D eigenvalue weighted by Gasteiger charge is 2.55. The number of fused-ring (bicyclic) bond motifs is 6. The highest BCUT2D eigenvalue weighted by atomic mass is 16.7. The van der Waals surface area contributed by atoms with Crippen LogP contribution in [0.15, 0.2) is 42.2 Å². The van der Waals surface area contributed by atoms with Crippen molar-refractivity contribution in [3.63, 3.8) is 0 Å². The molecule has 2 aromatic carbocycles. The van der Waals surface area contributed by atoms with Crippen molar-refractivity contribution in [2.24, 2.45) is 0 Å². The van der Waals surface area contributed by atoms with E-state index in [4.69, 9.17) is 37.9 Å². The standard InChI is InChI=1S/C42H44N4O17/c1-16-10-24-30(26(50)11-16)32-33(36(54)31-23(35(32)53)8-7-9-28(31)62-29-12-27(51)34(52)17(2)57-29)46-25(42(55)63-40(24)46)15-56-14-22-13-45(44-43-22)41-39(61-21(6)49)38(60-20(5)48)37(18(3)58-41)59-19(4)47/h7-11,13,17-18,25,27,29,34,37-41,50-52H,12,14-15H2,1-6H3/t17-,18-,25-,27+,29-,34-,37-,38+,39+,40?,41-/m0/s1. The lowest BCUT2D eigenvalue weighted by Crippen LogP contribution is -2.58. The first kappa shape index (κ1) is 43.4. The molecule has 1 aromatic heterocycles. The molecule has 8 rings (SSSR count). The Balaban J connectivity index is 1.07. The van der Waals surface area contributed by atoms with Gasteiger partial charge in [0, 0.05) is 43.9 Å². The summed E-state index contributed by atoms with van der Waals surface area (Å²) >= 11 is 0. The fourth-order valence-electron chi connectivity index (χ4n) is 8.65. The van der Waals surface area contributed by atoms with Crippen molar-refractivity contribution in [2.45, 2.75) is 122 Å². The van der Waals surface area contributed by atoms with Gasteiger partial charge in [-0.2, -0.15) is 0 Å². The number of Topliss-reactive ketones (excluding diaryl/α,β-unsaturated/α-hetero) is 2. The number of carbonyl (C=O) groups excluding carboxylic acids is 6. The van der Waals surface area contributed by atoms with E-state index in [0.29, 0.717) is 5.56 Å². The van der Waals surface area contributed by atoms with E-state index in [1.807, 2.05) is 0 Å². The molecule has 334 valence electrons. The van der Waals surface area contributed by atoms with Crippen LogP contribution >= 0.6 is 0 Å². The topological polar surface area (TPSA) is 271 Å². The zero-order valence-corrected chi connectivity index (χ0v) is 34.8. The number of nitrogens with zero attached hydrogens (tertiary/aromatic N) is 4. The van der Waals surface area contributed by atoms with Gasteiger partial charge in [0.1, 0.15) is 29.0 Å². The number of esters is 4. The summed E-state index contributed by atoms with van der Waals surface area (Å²) in [4.78, 5) is 80.9. The second-order valence-corrected chi connectivity index (χ2v) is 15.9. The minimum Gasteiger partial charge on any atom is -0.507 e. The molecule has 21 heteroatoms. The lowest BCUT2D eigenvalue weighted by Gasteiger charge is -2.43. The van der Waals surface area contributed by atoms with E-state index in [-0.39, 0.29) is 63.7 Å². The molecule has 0 saturated carbocycles. The van der Waals surface area contributed by atoms with Gasteiger partial charge in [-0.25, -0.2) is 9.48 Å². The second kappa shape index (κ2) is 16.8. The number of ether oxygens (including phenoxy) is 8. The van der Waals surface area contributed by atoms with E-state index < -0.39 is 110 Å². The van der Waals surface area contributed by atoms with E-state index in [2.05, 4.69) is 10.3 Å². The maximum absolute atomic E-state index is 14.9. The second-order valence-electron chi connectivity index (χ2n) is 15.9. The average Bonchev–Trinajstić information content (AvgIpc) is 3.81. The SMILES string of the molecule is CC(=O)O[C@@H]1[C@@H](OC(C)=O)[C@H](C)O[C@H](n2cc(COC[C@H]3C(=O)OC4c5cc(C)cc(O)c5C5=C(C(=O)c6c(O[C@H]7C[C@@H](O)[C@@H](O)[C@H](C)O7)cccc6C5=O)N43)nn2)[C@@H]1OC(C)=O. The van der Waals surface area contributed by atoms with Gasteiger partial charge in [0.25, 0.3) is 0 Å². The first-order valence-electron chi connectivity index (χ1n) is 20.1. The highest BCUT2D eigenvalue weighted by molar-refractivity contribution is 6.41. The number of phenolic OH excluding ortho intramolecular Hbond substituents is 1. The molecule has 3 fully saturated rings. The predicted molar refractivity (Wildman–Crippen MR) is 207 cm³/mol. The van der Waals surface area contributed by atoms with E-state index in [9.17, 15) is 44.1 Å². The smallest absolute Gasteiger partial charge is 0.333 e. The molecule has 63 heavy (non-hydrogen) atoms. The van der Waals surface area contributed by atoms with Crippen molar-refractivity contribution in [3.05, 3.63) is 75.7 Å². The lowest BCUT2D eigenvalue weighted by molar-refractivity contribution is -0.261. The minimum atomic E-state index is -1.34. The Kier molecular flexibility index (Phi) is 11.6. The van der Waals surface area contributed by atoms with Gasteiger partial charge in [0.2, 0.25) is 18.3 Å². The van der Waals surface area contributed by atoms with Crippen LogP contribution in [0.1, 0.15) is 96.6 Å². The number of hydrogen-bond donors (Lipinski definition) is 3. The Bertz CT molecular complexity index is 2420. The van der Waals surface area contributed by atoms with Gasteiger partial charge < -0.3 is 58.1 Å². The summed E-state index contributed by atoms with van der Waals surface area (Å²) in [5, 5.41) is 40.2. The van der Waals surface area contributed by atoms with Crippen LogP contribution in [0.4, 0.5) is 0 Å². The number of phenols is 1. The van der Waals surface area contributed by atoms with Gasteiger partial charge in [0.15, 0.2) is 36.4 Å². The van der Waals surface area contributed by atoms with Crippen LogP contribution in [-0.4, -0.2) is 132 Å². The normalized spacial score (nSPS) is 29.8. The van der Waals surface area contributed by atoms with Gasteiger partial charge in [-0.15, -0.1) is 5.10 Å². The quantitative estimate of drug-likeness (QED) is 0.192. The summed E-state index contributed by atoms with van der Waals surface area (Å²) in [5.74, 6) is -4.71. The molecule has 5 heterocycles. The minimum absolute atomic E-state index is 0.0288. The number of ketones is 2. The van der Waals surface area contributed by atoms with E-state index in [0.717, 1.165) is 20.8 Å². The summed E-state index contributed by atoms with van der Waals surface area (Å²) in [5.41, 5.74) is 0.489. The van der Waals surface area contributed by atoms with Crippen LogP contribution in [0.2, 0.25) is 0 Å². The average molecular weight is 877 g/mol. The molecule has 0 radical (unpaired) electrons. The van der Waals surface area contributed by atoms with Gasteiger partial charge >= 0.3 is 23.9 Å². The van der Waals surface area contributed by atoms with Crippen LogP contribution < -0.4 is 4.74 Å². The molecule has 1 aliphatic carbocycles. The Morgan fingerprint density at radius 3 is 2.29 bits per heavy atom. The molecule has 3 N–H and O–H groups in total. The van der Waals surface area contributed by atoms with Crippen molar-refractivity contribution in [1.82, 2.24) is 19.9 Å². The third kappa shape index (κ3) is 7.90. The predicted octanol–water partition coefficient (Wildman–Crippen LogP) is 1.49. The largest absolute Gasteiger partial charge is 0.507 e. The zero-order valence-electron chi connectivity index (χ0n) is 34.8. The first-order valence-corrected chi connectivity index (χ1v) is 20.1. The number of rotatable bonds is 10. The molecule has 4 aliphatic heterocycles. The number of carbonyl (C=O) groups is 6. The Hall–Kier alpha value is -6.26. The summed E-state index contributed by atoms with van der Waals surface area (Å²) in [6, 6.07) is 6.17. The van der Waals surface area contributed by atoms with Crippen molar-refractivity contribution < 1.29 is 82.0 Å². The highest BCUT2D eigenvalue weighted by Crippen LogP contribution is 2.52. The Morgan fingerprint density at radius 2 is 1.59 bits per heavy atom. The molecular formula is C42H44N4O17. The lowest BCUT2D eigenvalue weighted by atomic mass is 9.78. The van der Waals surface area contributed by atoms with Gasteiger partial charge in [0.05, 0.1) is 48.9 Å². The van der Waals surface area contributed by atoms with Crippen LogP contribution in [0.5, 0.6) is 11.5 Å². The van der Waals surface area contributed by atoms with Gasteiger partial charge in [-0.3, -0.25) is 24.0 Å². The van der Waals surface area contributed by atoms with Crippen LogP contribution in [0.3, 0.4) is 0 Å². The number of aliphatic hydroxyl groups is 2. The monoisotopic (exact) mass is 876 g/mol. The summed E-state index contributed by atoms with van der Waals surface area (Å²) in [6.45, 7) is 7.59. The molecule has 3 aromatic rings. The van der Waals surface area contributed by atoms with Crippen LogP contribution in [0, 0.1) is 6.92 Å². The van der Waals surface area contributed by atoms with Crippen molar-refractivity contribution in [1.29, 1.82) is 0 Å². The number of aromatic nitrogens is 3. The van der Waals surface area contributed by atoms with Crippen LogP contribution in [0.25, 0.3) is 5.57 Å². The van der Waals surface area contributed by atoms with Crippen molar-refractivity contribution in [2.75, 3.05) is 6.61 Å². The van der Waals surface area contributed by atoms with Gasteiger partial charge in [-0.05, 0) is 44.5 Å². The summed E-state index contributed by atoms with van der Waals surface area (Å²) in [6.07, 6.45) is -10.1. The van der Waals surface area contributed by atoms with Crippen LogP contribution in [-0.2, 0) is 58.9 Å². The maximum atomic E-state index is 14.9. The zero-order chi connectivity index (χ0) is 45.2. The first-order chi connectivity index (χ1) is 29.9. The molecule has 3 saturated heterocycles. The fraction of sp³-hybridized carbons (Fsp3) is 0.476. The van der Waals surface area contributed by atoms with Gasteiger partial charge in [-0.1, -0.05) is 17.3 Å². The number of aliphatic hydroxyl groups excluding tert-OH is 2. The molecule has 21 nitrogen and oxygen atoms in total. The molecule has 11 atom stereocenters. The fourth-order valence-corrected chi connectivity index (χ4v) is 8.65. The molecular weight excluding hydrogens is 832 g/mol. The van der Waals surface area contributed by atoms with E-state index in [1.165, 1.54) is 40.0 Å². The molecule has 0 bridgehead atoms. The Labute approximate surface area is 358 Å². The molecule has 0 amide bonds. The van der Waals surface area contributed by atoms with Crippen molar-refractivity contribution in [3.8, 4) is 11.5 Å². The summed E-state index contributed by atoms with van der Waals surface area (Å²) in [7, 11) is 0. The molecule has 1 unspecified atom stereocenters. The number of aromatic hydroxyl groups is 1. The maximum Gasteiger partial charge on any atom is 0.333 e. The molecule has 0 spiro atoms. The molecule has 5 aliphatic rings. The van der Waals surface area contributed by atoms with E-state index in [1.54, 1.807) is 26.8 Å². The Morgan fingerprint density at radius 1 is 0.889 bits per heavy atom. The number of allylic oxidation sites excluding steroid dienone is 2. The van der Waals surface area contributed by atoms with Crippen molar-refractivity contribution >= 4 is 41.0 Å². The third-order valence-corrected chi connectivity index (χ3v) is 11.3. The number of benzene rings is 2. The van der Waals surface area contributed by atoms with E-state index >= 15 is 0 Å². The summed E-state index contributed by atoms with van der Waals surface area (Å²) < 4.78 is 47.4. The number of aryl methyl sites for hydroxylation is 1.